The fourth-order valence-electron chi connectivity index (χ4n) is 11.8. The number of carbonyl (C=O) groups is 5. The summed E-state index contributed by atoms with van der Waals surface area (Å²) >= 11 is 0. The highest BCUT2D eigenvalue weighted by atomic mass is 16.6. The number of fused-ring (bicyclic) bond motifs is 1. The van der Waals surface area contributed by atoms with Crippen molar-refractivity contribution in [1.29, 1.82) is 5.26 Å². The number of esters is 3. The summed E-state index contributed by atoms with van der Waals surface area (Å²) in [4.78, 5) is 78.2. The number of likely N-dealkylation sites (N-methyl/N-ethyl adjacent to an activating group) is 1. The van der Waals surface area contributed by atoms with Crippen molar-refractivity contribution in [2.75, 3.05) is 38.3 Å². The van der Waals surface area contributed by atoms with Gasteiger partial charge in [-0.1, -0.05) is 219 Å². The molecule has 0 aromatic carbocycles. The van der Waals surface area contributed by atoms with Gasteiger partial charge in [0, 0.05) is 51.5 Å². The highest BCUT2D eigenvalue weighted by molar-refractivity contribution is 5.96. The van der Waals surface area contributed by atoms with Gasteiger partial charge in [0.25, 0.3) is 0 Å². The molecule has 1 aliphatic rings. The van der Waals surface area contributed by atoms with E-state index in [1.165, 1.54) is 109 Å². The number of anilines is 1. The zero-order chi connectivity index (χ0) is 62.2. The van der Waals surface area contributed by atoms with Crippen molar-refractivity contribution < 1.29 is 38.2 Å². The highest BCUT2D eigenvalue weighted by Gasteiger charge is 2.33. The summed E-state index contributed by atoms with van der Waals surface area (Å²) in [6.45, 7) is 11.7. The molecule has 1 saturated heterocycles. The number of likely N-dealkylation sites (tertiary alicyclic amines) is 1. The van der Waals surface area contributed by atoms with Crippen LogP contribution in [0.3, 0.4) is 0 Å². The van der Waals surface area contributed by atoms with Crippen molar-refractivity contribution in [3.63, 3.8) is 0 Å². The van der Waals surface area contributed by atoms with E-state index in [0.29, 0.717) is 37.5 Å². The first kappa shape index (κ1) is 75.2. The van der Waals surface area contributed by atoms with Crippen LogP contribution in [0.2, 0.25) is 0 Å². The lowest BCUT2D eigenvalue weighted by Crippen LogP contribution is -2.52. The molecule has 86 heavy (non-hydrogen) atoms. The Morgan fingerprint density at radius 2 is 1.10 bits per heavy atom. The normalized spacial score (nSPS) is 15.2. The van der Waals surface area contributed by atoms with Crippen LogP contribution in [-0.2, 0) is 33.4 Å². The molecule has 1 amide bonds. The van der Waals surface area contributed by atoms with Crippen molar-refractivity contribution >= 4 is 46.6 Å². The van der Waals surface area contributed by atoms with Crippen molar-refractivity contribution in [3.05, 3.63) is 42.9 Å². The molecule has 0 aliphatic carbocycles. The first-order valence-electron chi connectivity index (χ1n) is 34.9. The molecule has 0 bridgehead atoms. The largest absolute Gasteiger partial charge is 0.462 e. The van der Waals surface area contributed by atoms with E-state index in [4.69, 9.17) is 19.5 Å². The molecule has 4 atom stereocenters. The molecular weight excluding hydrogens is 1080 g/mol. The van der Waals surface area contributed by atoms with E-state index in [-0.39, 0.29) is 73.7 Å². The lowest BCUT2D eigenvalue weighted by atomic mass is 9.92. The number of ether oxygens (including phenoxy) is 3. The summed E-state index contributed by atoms with van der Waals surface area (Å²) in [5, 5.41) is 9.88. The maximum atomic E-state index is 13.7. The quantitative estimate of drug-likeness (QED) is 0.0266. The summed E-state index contributed by atoms with van der Waals surface area (Å²) in [6, 6.07) is 3.91. The van der Waals surface area contributed by atoms with E-state index in [1.807, 2.05) is 26.1 Å². The van der Waals surface area contributed by atoms with Crippen LogP contribution in [0.15, 0.2) is 42.9 Å². The van der Waals surface area contributed by atoms with Gasteiger partial charge >= 0.3 is 17.9 Å². The Hall–Kier alpha value is -5.06. The summed E-state index contributed by atoms with van der Waals surface area (Å²) in [5.74, 6) is -0.100. The average Bonchev–Trinajstić information content (AvgIpc) is 4.22. The Labute approximate surface area is 522 Å². The molecule has 14 heteroatoms. The number of rotatable bonds is 52. The molecule has 0 radical (unpaired) electrons. The van der Waals surface area contributed by atoms with Gasteiger partial charge in [-0.15, -0.1) is 0 Å². The molecule has 0 N–H and O–H groups in total. The Morgan fingerprint density at radius 3 is 1.60 bits per heavy atom. The van der Waals surface area contributed by atoms with Gasteiger partial charge in [0.15, 0.2) is 11.8 Å². The third-order valence-electron chi connectivity index (χ3n) is 17.5. The van der Waals surface area contributed by atoms with Crippen LogP contribution < -0.4 is 4.90 Å². The number of carbonyl (C=O) groups excluding carboxylic acids is 5. The first-order valence-corrected chi connectivity index (χ1v) is 34.9. The van der Waals surface area contributed by atoms with Gasteiger partial charge in [-0.2, -0.15) is 5.26 Å². The average molecular weight is 1200 g/mol. The molecule has 2 aromatic heterocycles. The topological polar surface area (TPSA) is 174 Å². The second kappa shape index (κ2) is 48.9. The fourth-order valence-corrected chi connectivity index (χ4v) is 11.8. The number of amides is 1. The van der Waals surface area contributed by atoms with Crippen LogP contribution in [0.5, 0.6) is 0 Å². The van der Waals surface area contributed by atoms with Crippen LogP contribution in [-0.4, -0.2) is 94.7 Å². The lowest BCUT2D eigenvalue weighted by Gasteiger charge is -2.42. The zero-order valence-electron chi connectivity index (χ0n) is 55.2. The predicted molar refractivity (Wildman–Crippen MR) is 351 cm³/mol. The second-order valence-corrected chi connectivity index (χ2v) is 25.3. The predicted octanol–water partition coefficient (Wildman–Crippen LogP) is 18.3. The van der Waals surface area contributed by atoms with Gasteiger partial charge in [0.2, 0.25) is 11.8 Å². The van der Waals surface area contributed by atoms with E-state index in [2.05, 4.69) is 66.9 Å². The van der Waals surface area contributed by atoms with Crippen LogP contribution in [0.25, 0.3) is 11.0 Å². The van der Waals surface area contributed by atoms with Crippen LogP contribution in [0, 0.1) is 29.1 Å². The van der Waals surface area contributed by atoms with Crippen molar-refractivity contribution in [2.45, 2.75) is 310 Å². The smallest absolute Gasteiger partial charge is 0.306 e. The Balaban J connectivity index is 1.32. The molecule has 14 nitrogen and oxygen atoms in total. The second-order valence-electron chi connectivity index (χ2n) is 25.3. The van der Waals surface area contributed by atoms with Crippen LogP contribution in [0.1, 0.15) is 303 Å². The van der Waals surface area contributed by atoms with Gasteiger partial charge in [-0.3, -0.25) is 28.5 Å². The minimum Gasteiger partial charge on any atom is -0.462 e. The standard InChI is InChI=1S/C72H120N6O8/c1-7-9-11-13-15-17-19-21-23-25-27-29-35-39-43-47-67(80)84-57-63(58-85-68(81)48-44-40-36-30-28-26-24-22-20-18-16-14-12-10-8-2)86-69(82)55-60(3)45-41-37-33-31-32-34-38-42-46-62(5)72(83)78-54-51-64-70(74-59-75-71(64)78)76(6)65-56-77(53-50-61(65)4)66(79)49-52-73/h21-24,51,54,59-63,65H,7-20,25-50,53,55-58H2,1-6H3/b23-21-,24-22-/t60?,61-,62?,65+/m1/s1. The summed E-state index contributed by atoms with van der Waals surface area (Å²) in [6.07, 6.45) is 54.7. The Morgan fingerprint density at radius 1 is 0.640 bits per heavy atom. The van der Waals surface area contributed by atoms with E-state index in [1.54, 1.807) is 15.7 Å². The monoisotopic (exact) mass is 1200 g/mol. The third kappa shape index (κ3) is 33.9. The molecule has 1 fully saturated rings. The van der Waals surface area contributed by atoms with Gasteiger partial charge in [-0.25, -0.2) is 9.97 Å². The fraction of sp³-hybridized carbons (Fsp3) is 0.778. The number of nitrogens with zero attached hydrogens (tertiary/aromatic N) is 6. The molecule has 3 rings (SSSR count). The Bertz CT molecular complexity index is 2180. The molecule has 0 spiro atoms. The van der Waals surface area contributed by atoms with E-state index in [9.17, 15) is 24.0 Å². The van der Waals surface area contributed by atoms with Gasteiger partial charge in [-0.05, 0) is 95.0 Å². The van der Waals surface area contributed by atoms with Gasteiger partial charge in [0.05, 0.1) is 17.5 Å². The summed E-state index contributed by atoms with van der Waals surface area (Å²) < 4.78 is 18.7. The molecule has 0 saturated carbocycles. The maximum Gasteiger partial charge on any atom is 0.306 e. The number of aromatic nitrogens is 3. The van der Waals surface area contributed by atoms with E-state index >= 15 is 0 Å². The number of hydrogen-bond acceptors (Lipinski definition) is 12. The molecule has 2 unspecified atom stereocenters. The van der Waals surface area contributed by atoms with Crippen molar-refractivity contribution in [1.82, 2.24) is 19.4 Å². The molecule has 486 valence electrons. The Kier molecular flexibility index (Phi) is 42.7. The molecule has 3 heterocycles. The summed E-state index contributed by atoms with van der Waals surface area (Å²) in [7, 11) is 1.98. The lowest BCUT2D eigenvalue weighted by molar-refractivity contribution is -0.167. The van der Waals surface area contributed by atoms with E-state index in [0.717, 1.165) is 146 Å². The van der Waals surface area contributed by atoms with Crippen LogP contribution in [0.4, 0.5) is 5.82 Å². The van der Waals surface area contributed by atoms with E-state index < -0.39 is 6.10 Å². The van der Waals surface area contributed by atoms with Gasteiger partial charge < -0.3 is 24.0 Å². The maximum absolute atomic E-state index is 13.7. The van der Waals surface area contributed by atoms with Crippen molar-refractivity contribution in [2.24, 2.45) is 17.8 Å². The number of allylic oxidation sites excluding steroid dienone is 4. The van der Waals surface area contributed by atoms with Crippen LogP contribution >= 0.6 is 0 Å². The number of nitriles is 1. The third-order valence-corrected chi connectivity index (χ3v) is 17.5. The minimum absolute atomic E-state index is 0.0156. The number of unbranched alkanes of at least 4 members (excludes halogenated alkanes) is 29. The minimum atomic E-state index is -0.840. The molecule has 1 aliphatic heterocycles. The summed E-state index contributed by atoms with van der Waals surface area (Å²) in [5.41, 5.74) is 0.588. The number of piperidine rings is 1. The molecular formula is C72H120N6O8. The zero-order valence-corrected chi connectivity index (χ0v) is 55.2. The van der Waals surface area contributed by atoms with Gasteiger partial charge in [0.1, 0.15) is 31.8 Å². The SMILES string of the molecule is CCCCCCCC/C=C\CCCCCCCC(=O)OCC(COC(=O)CCCCCCC/C=C\CCCCCCCC)OC(=O)CC(C)CCCCCCCCCCC(C)C(=O)n1ccc2c(N(C)[C@H]3CN(C(=O)CC#N)CC[C@H]3C)ncnc21. The number of hydrogen-bond donors (Lipinski definition) is 0. The first-order chi connectivity index (χ1) is 41.9. The highest BCUT2D eigenvalue weighted by Crippen LogP contribution is 2.31. The molecule has 2 aromatic rings. The van der Waals surface area contributed by atoms with Crippen molar-refractivity contribution in [3.8, 4) is 6.07 Å².